The molecule has 0 atom stereocenters. The van der Waals surface area contributed by atoms with Gasteiger partial charge in [-0.2, -0.15) is 13.2 Å². The molecule has 0 unspecified atom stereocenters. The fourth-order valence-electron chi connectivity index (χ4n) is 1.25. The fraction of sp³-hybridized carbons (Fsp3) is 0.250. The number of alkyl halides is 3. The maximum absolute atomic E-state index is 12.6. The molecule has 5 heteroatoms. The van der Waals surface area contributed by atoms with Gasteiger partial charge in [-0.1, -0.05) is 18.2 Å². The molecule has 1 aromatic carbocycles. The first kappa shape index (κ1) is 13.3. The molecule has 0 bridgehead atoms. The van der Waals surface area contributed by atoms with Crippen molar-refractivity contribution in [1.82, 2.24) is 0 Å². The van der Waals surface area contributed by atoms with Crippen molar-refractivity contribution in [2.75, 3.05) is 6.61 Å². The second-order valence-electron chi connectivity index (χ2n) is 3.17. The van der Waals surface area contributed by atoms with Crippen LogP contribution in [-0.4, -0.2) is 12.6 Å². The lowest BCUT2D eigenvalue weighted by atomic mass is 10.1. The van der Waals surface area contributed by atoms with Crippen LogP contribution in [0, 0.1) is 0 Å². The Bertz CT molecular complexity index is 422. The number of esters is 1. The summed E-state index contributed by atoms with van der Waals surface area (Å²) in [5.41, 5.74) is -0.839. The van der Waals surface area contributed by atoms with E-state index in [1.54, 1.807) is 6.92 Å². The Hall–Kier alpha value is -1.78. The van der Waals surface area contributed by atoms with E-state index in [4.69, 9.17) is 0 Å². The lowest BCUT2D eigenvalue weighted by Crippen LogP contribution is -2.07. The van der Waals surface area contributed by atoms with Crippen LogP contribution in [0.5, 0.6) is 0 Å². The van der Waals surface area contributed by atoms with E-state index < -0.39 is 17.7 Å². The zero-order valence-electron chi connectivity index (χ0n) is 9.12. The molecule has 0 aliphatic heterocycles. The molecular formula is C12H11F3O2. The lowest BCUT2D eigenvalue weighted by molar-refractivity contribution is -0.138. The Balaban J connectivity index is 2.95. The highest BCUT2D eigenvalue weighted by Gasteiger charge is 2.32. The van der Waals surface area contributed by atoms with Crippen molar-refractivity contribution in [3.8, 4) is 0 Å². The maximum atomic E-state index is 12.6. The highest BCUT2D eigenvalue weighted by Crippen LogP contribution is 2.32. The van der Waals surface area contributed by atoms with Crippen molar-refractivity contribution < 1.29 is 22.7 Å². The van der Waals surface area contributed by atoms with Crippen LogP contribution in [0.25, 0.3) is 6.08 Å². The first-order valence-electron chi connectivity index (χ1n) is 4.96. The third-order valence-corrected chi connectivity index (χ3v) is 1.95. The van der Waals surface area contributed by atoms with Crippen LogP contribution in [0.3, 0.4) is 0 Å². The van der Waals surface area contributed by atoms with Crippen molar-refractivity contribution in [2.24, 2.45) is 0 Å². The number of hydrogen-bond donors (Lipinski definition) is 0. The molecule has 92 valence electrons. The van der Waals surface area contributed by atoms with E-state index in [9.17, 15) is 18.0 Å². The van der Waals surface area contributed by atoms with Crippen LogP contribution < -0.4 is 0 Å². The molecule has 1 rings (SSSR count). The number of halogens is 3. The second kappa shape index (κ2) is 5.52. The Morgan fingerprint density at radius 2 is 2.00 bits per heavy atom. The minimum atomic E-state index is -4.43. The maximum Gasteiger partial charge on any atom is 0.416 e. The Labute approximate surface area is 96.7 Å². The normalized spacial score (nSPS) is 11.8. The van der Waals surface area contributed by atoms with Gasteiger partial charge in [0.2, 0.25) is 0 Å². The predicted molar refractivity (Wildman–Crippen MR) is 57.1 cm³/mol. The van der Waals surface area contributed by atoms with Crippen LogP contribution in [0.15, 0.2) is 30.3 Å². The fourth-order valence-corrected chi connectivity index (χ4v) is 1.25. The van der Waals surface area contributed by atoms with E-state index in [2.05, 4.69) is 4.74 Å². The number of carbonyl (C=O) groups excluding carboxylic acids is 1. The van der Waals surface area contributed by atoms with Crippen LogP contribution in [0.4, 0.5) is 13.2 Å². The van der Waals surface area contributed by atoms with Gasteiger partial charge in [0.25, 0.3) is 0 Å². The molecule has 0 spiro atoms. The Morgan fingerprint density at radius 1 is 1.35 bits per heavy atom. The first-order chi connectivity index (χ1) is 7.95. The minimum Gasteiger partial charge on any atom is -0.463 e. The van der Waals surface area contributed by atoms with Crippen molar-refractivity contribution in [3.05, 3.63) is 41.5 Å². The van der Waals surface area contributed by atoms with Gasteiger partial charge in [-0.05, 0) is 24.6 Å². The quantitative estimate of drug-likeness (QED) is 0.602. The monoisotopic (exact) mass is 244 g/mol. The van der Waals surface area contributed by atoms with E-state index in [-0.39, 0.29) is 12.2 Å². The molecule has 0 amide bonds. The molecule has 0 heterocycles. The molecule has 2 nitrogen and oxygen atoms in total. The van der Waals surface area contributed by atoms with E-state index in [1.807, 2.05) is 0 Å². The molecule has 1 aromatic rings. The van der Waals surface area contributed by atoms with Gasteiger partial charge in [0.05, 0.1) is 12.2 Å². The average molecular weight is 244 g/mol. The molecule has 0 saturated heterocycles. The number of benzene rings is 1. The summed E-state index contributed by atoms with van der Waals surface area (Å²) in [5, 5.41) is 0. The largest absolute Gasteiger partial charge is 0.463 e. The predicted octanol–water partition coefficient (Wildman–Crippen LogP) is 3.28. The van der Waals surface area contributed by atoms with Gasteiger partial charge < -0.3 is 4.74 Å². The van der Waals surface area contributed by atoms with Gasteiger partial charge in [-0.15, -0.1) is 0 Å². The van der Waals surface area contributed by atoms with Gasteiger partial charge in [0, 0.05) is 6.08 Å². The third kappa shape index (κ3) is 3.94. The van der Waals surface area contributed by atoms with Crippen LogP contribution in [0.2, 0.25) is 0 Å². The van der Waals surface area contributed by atoms with Crippen LogP contribution in [0.1, 0.15) is 18.1 Å². The van der Waals surface area contributed by atoms with Crippen LogP contribution >= 0.6 is 0 Å². The molecule has 0 N–H and O–H groups in total. The smallest absolute Gasteiger partial charge is 0.416 e. The van der Waals surface area contributed by atoms with Crippen LogP contribution in [-0.2, 0) is 15.7 Å². The number of rotatable bonds is 3. The standard InChI is InChI=1S/C12H11F3O2/c1-2-17-11(16)8-7-9-5-3-4-6-10(9)12(13,14)15/h3-8H,2H2,1H3/b8-7+. The van der Waals surface area contributed by atoms with Gasteiger partial charge in [-0.25, -0.2) is 4.79 Å². The highest BCUT2D eigenvalue weighted by atomic mass is 19.4. The van der Waals surface area contributed by atoms with Crippen molar-refractivity contribution in [2.45, 2.75) is 13.1 Å². The molecule has 0 aliphatic rings. The molecule has 0 saturated carbocycles. The van der Waals surface area contributed by atoms with E-state index >= 15 is 0 Å². The van der Waals surface area contributed by atoms with Crippen molar-refractivity contribution in [1.29, 1.82) is 0 Å². The lowest BCUT2D eigenvalue weighted by Gasteiger charge is -2.09. The molecule has 0 fully saturated rings. The zero-order valence-corrected chi connectivity index (χ0v) is 9.12. The molecule has 0 aliphatic carbocycles. The van der Waals surface area contributed by atoms with Crippen molar-refractivity contribution in [3.63, 3.8) is 0 Å². The number of carbonyl (C=O) groups is 1. The molecular weight excluding hydrogens is 233 g/mol. The zero-order chi connectivity index (χ0) is 12.9. The number of hydrogen-bond acceptors (Lipinski definition) is 2. The number of ether oxygens (including phenoxy) is 1. The van der Waals surface area contributed by atoms with E-state index in [0.717, 1.165) is 18.2 Å². The van der Waals surface area contributed by atoms with E-state index in [1.165, 1.54) is 18.2 Å². The van der Waals surface area contributed by atoms with Gasteiger partial charge in [-0.3, -0.25) is 0 Å². The summed E-state index contributed by atoms with van der Waals surface area (Å²) >= 11 is 0. The average Bonchev–Trinajstić information content (AvgIpc) is 2.26. The van der Waals surface area contributed by atoms with Crippen molar-refractivity contribution >= 4 is 12.0 Å². The first-order valence-corrected chi connectivity index (χ1v) is 4.96. The van der Waals surface area contributed by atoms with Gasteiger partial charge in [0.1, 0.15) is 0 Å². The summed E-state index contributed by atoms with van der Waals surface area (Å²) in [5.74, 6) is -0.663. The summed E-state index contributed by atoms with van der Waals surface area (Å²) in [7, 11) is 0. The van der Waals surface area contributed by atoms with E-state index in [0.29, 0.717) is 0 Å². The highest BCUT2D eigenvalue weighted by molar-refractivity contribution is 5.87. The van der Waals surface area contributed by atoms with Gasteiger partial charge in [0.15, 0.2) is 0 Å². The van der Waals surface area contributed by atoms with Gasteiger partial charge >= 0.3 is 12.1 Å². The third-order valence-electron chi connectivity index (χ3n) is 1.95. The molecule has 0 radical (unpaired) electrons. The summed E-state index contributed by atoms with van der Waals surface area (Å²) in [6.07, 6.45) is -2.36. The summed E-state index contributed by atoms with van der Waals surface area (Å²) in [6, 6.07) is 5.02. The summed E-state index contributed by atoms with van der Waals surface area (Å²) in [4.78, 5) is 11.0. The molecule has 0 aromatic heterocycles. The molecule has 17 heavy (non-hydrogen) atoms. The minimum absolute atomic E-state index is 0.0620. The SMILES string of the molecule is CCOC(=O)/C=C/c1ccccc1C(F)(F)F. The summed E-state index contributed by atoms with van der Waals surface area (Å²) in [6.45, 7) is 1.81. The Kier molecular flexibility index (Phi) is 4.31. The Morgan fingerprint density at radius 3 is 2.59 bits per heavy atom. The topological polar surface area (TPSA) is 26.3 Å². The summed E-state index contributed by atoms with van der Waals surface area (Å²) < 4.78 is 42.3. The second-order valence-corrected chi connectivity index (χ2v) is 3.17.